The van der Waals surface area contributed by atoms with Gasteiger partial charge in [0.1, 0.15) is 0 Å². The fourth-order valence-corrected chi connectivity index (χ4v) is 4.31. The van der Waals surface area contributed by atoms with E-state index in [-0.39, 0.29) is 0 Å². The lowest BCUT2D eigenvalue weighted by Gasteiger charge is -2.33. The van der Waals surface area contributed by atoms with E-state index in [9.17, 15) is 0 Å². The molecule has 1 heterocycles. The molecule has 1 aliphatic carbocycles. The molecule has 1 fully saturated rings. The summed E-state index contributed by atoms with van der Waals surface area (Å²) in [5.41, 5.74) is 3.10. The zero-order valence-corrected chi connectivity index (χ0v) is 13.6. The molecular weight excluding hydrogens is 256 g/mol. The number of rotatable bonds is 4. The molecule has 1 N–H and O–H groups in total. The van der Waals surface area contributed by atoms with Crippen LogP contribution in [0.15, 0.2) is 24.3 Å². The van der Waals surface area contributed by atoms with E-state index in [1.54, 1.807) is 11.1 Å². The zero-order chi connectivity index (χ0) is 14.7. The van der Waals surface area contributed by atoms with Crippen molar-refractivity contribution in [1.29, 1.82) is 0 Å². The van der Waals surface area contributed by atoms with Crippen molar-refractivity contribution in [1.82, 2.24) is 10.2 Å². The first kappa shape index (κ1) is 15.1. The molecule has 3 unspecified atom stereocenters. The minimum absolute atomic E-state index is 0.532. The smallest absolute Gasteiger partial charge is 0.0484 e. The van der Waals surface area contributed by atoms with Gasteiger partial charge in [-0.3, -0.25) is 4.90 Å². The van der Waals surface area contributed by atoms with E-state index in [0.29, 0.717) is 12.1 Å². The van der Waals surface area contributed by atoms with Gasteiger partial charge in [-0.15, -0.1) is 0 Å². The van der Waals surface area contributed by atoms with Crippen LogP contribution in [-0.2, 0) is 6.42 Å². The number of likely N-dealkylation sites (N-methyl/N-ethyl adjacent to an activating group) is 1. The predicted octanol–water partition coefficient (Wildman–Crippen LogP) is 3.77. The van der Waals surface area contributed by atoms with Crippen molar-refractivity contribution in [2.45, 2.75) is 58.0 Å². The average Bonchev–Trinajstić information content (AvgIpc) is 2.71. The Morgan fingerprint density at radius 1 is 1.14 bits per heavy atom. The van der Waals surface area contributed by atoms with Crippen LogP contribution in [0, 0.1) is 5.92 Å². The molecule has 0 amide bonds. The minimum atomic E-state index is 0.532. The summed E-state index contributed by atoms with van der Waals surface area (Å²) in [4.78, 5) is 2.78. The monoisotopic (exact) mass is 286 g/mol. The van der Waals surface area contributed by atoms with Gasteiger partial charge in [-0.05, 0) is 62.4 Å². The van der Waals surface area contributed by atoms with Crippen LogP contribution in [0.4, 0.5) is 0 Å². The molecule has 0 saturated carbocycles. The van der Waals surface area contributed by atoms with Gasteiger partial charge in [0.25, 0.3) is 0 Å². The molecule has 1 aromatic carbocycles. The van der Waals surface area contributed by atoms with Crippen molar-refractivity contribution in [2.75, 3.05) is 19.6 Å². The van der Waals surface area contributed by atoms with Crippen molar-refractivity contribution < 1.29 is 0 Å². The molecular formula is C19H30N2. The van der Waals surface area contributed by atoms with Crippen LogP contribution in [0.25, 0.3) is 0 Å². The third kappa shape index (κ3) is 3.17. The van der Waals surface area contributed by atoms with Gasteiger partial charge in [0.2, 0.25) is 0 Å². The van der Waals surface area contributed by atoms with Crippen LogP contribution in [0.2, 0.25) is 0 Å². The Balaban J connectivity index is 1.75. The maximum atomic E-state index is 3.75. The second-order valence-corrected chi connectivity index (χ2v) is 6.75. The molecule has 0 bridgehead atoms. The summed E-state index contributed by atoms with van der Waals surface area (Å²) in [7, 11) is 0. The summed E-state index contributed by atoms with van der Waals surface area (Å²) in [6.45, 7) is 8.22. The summed E-state index contributed by atoms with van der Waals surface area (Å²) in [5, 5.41) is 3.75. The van der Waals surface area contributed by atoms with E-state index in [1.165, 1.54) is 45.2 Å². The van der Waals surface area contributed by atoms with E-state index in [1.807, 2.05) is 0 Å². The highest BCUT2D eigenvalue weighted by molar-refractivity contribution is 5.37. The number of benzene rings is 1. The summed E-state index contributed by atoms with van der Waals surface area (Å²) in [6.07, 6.45) is 6.78. The second kappa shape index (κ2) is 6.93. The molecule has 1 aromatic rings. The maximum Gasteiger partial charge on any atom is 0.0484 e. The Labute approximate surface area is 129 Å². The van der Waals surface area contributed by atoms with Crippen LogP contribution in [0.5, 0.6) is 0 Å². The number of hydrogen-bond acceptors (Lipinski definition) is 2. The molecule has 116 valence electrons. The molecule has 0 radical (unpaired) electrons. The number of likely N-dealkylation sites (tertiary alicyclic amines) is 1. The van der Waals surface area contributed by atoms with E-state index in [4.69, 9.17) is 0 Å². The van der Waals surface area contributed by atoms with Crippen molar-refractivity contribution in [3.05, 3.63) is 35.4 Å². The van der Waals surface area contributed by atoms with Crippen molar-refractivity contribution in [2.24, 2.45) is 5.92 Å². The third-order valence-corrected chi connectivity index (χ3v) is 5.56. The molecule has 0 spiro atoms. The van der Waals surface area contributed by atoms with Gasteiger partial charge in [0.05, 0.1) is 0 Å². The summed E-state index contributed by atoms with van der Waals surface area (Å²) < 4.78 is 0. The van der Waals surface area contributed by atoms with Gasteiger partial charge < -0.3 is 5.32 Å². The van der Waals surface area contributed by atoms with Crippen LogP contribution in [0.1, 0.15) is 56.7 Å². The Hall–Kier alpha value is -0.860. The SMILES string of the molecule is CCNC1c2ccccc2CC1N1CCCC(CC)CC1. The first-order valence-corrected chi connectivity index (χ1v) is 8.88. The highest BCUT2D eigenvalue weighted by atomic mass is 15.2. The van der Waals surface area contributed by atoms with E-state index in [0.717, 1.165) is 12.5 Å². The highest BCUT2D eigenvalue weighted by Crippen LogP contribution is 2.36. The lowest BCUT2D eigenvalue weighted by Crippen LogP contribution is -2.43. The first-order chi connectivity index (χ1) is 10.3. The number of nitrogens with zero attached hydrogens (tertiary/aromatic N) is 1. The summed E-state index contributed by atoms with van der Waals surface area (Å²) in [6, 6.07) is 10.2. The Bertz CT molecular complexity index is 457. The normalized spacial score (nSPS) is 30.1. The van der Waals surface area contributed by atoms with Gasteiger partial charge in [0, 0.05) is 12.1 Å². The van der Waals surface area contributed by atoms with Gasteiger partial charge >= 0.3 is 0 Å². The lowest BCUT2D eigenvalue weighted by molar-refractivity contribution is 0.170. The molecule has 2 nitrogen and oxygen atoms in total. The fourth-order valence-electron chi connectivity index (χ4n) is 4.31. The predicted molar refractivity (Wildman–Crippen MR) is 89.6 cm³/mol. The van der Waals surface area contributed by atoms with Crippen LogP contribution in [-0.4, -0.2) is 30.6 Å². The molecule has 21 heavy (non-hydrogen) atoms. The molecule has 2 heteroatoms. The van der Waals surface area contributed by atoms with E-state index < -0.39 is 0 Å². The average molecular weight is 286 g/mol. The van der Waals surface area contributed by atoms with E-state index in [2.05, 4.69) is 48.3 Å². The number of nitrogens with one attached hydrogen (secondary N) is 1. The van der Waals surface area contributed by atoms with Crippen LogP contribution >= 0.6 is 0 Å². The van der Waals surface area contributed by atoms with Crippen LogP contribution in [0.3, 0.4) is 0 Å². The van der Waals surface area contributed by atoms with Crippen molar-refractivity contribution in [3.63, 3.8) is 0 Å². The van der Waals surface area contributed by atoms with Crippen molar-refractivity contribution >= 4 is 0 Å². The van der Waals surface area contributed by atoms with Crippen molar-refractivity contribution in [3.8, 4) is 0 Å². The zero-order valence-electron chi connectivity index (χ0n) is 13.6. The Kier molecular flexibility index (Phi) is 4.97. The molecule has 0 aromatic heterocycles. The number of hydrogen-bond donors (Lipinski definition) is 1. The quantitative estimate of drug-likeness (QED) is 0.906. The second-order valence-electron chi connectivity index (χ2n) is 6.75. The van der Waals surface area contributed by atoms with Gasteiger partial charge in [-0.25, -0.2) is 0 Å². The third-order valence-electron chi connectivity index (χ3n) is 5.56. The van der Waals surface area contributed by atoms with E-state index >= 15 is 0 Å². The summed E-state index contributed by atoms with van der Waals surface area (Å²) in [5.74, 6) is 0.955. The van der Waals surface area contributed by atoms with Gasteiger partial charge in [0.15, 0.2) is 0 Å². The molecule has 1 aliphatic heterocycles. The number of fused-ring (bicyclic) bond motifs is 1. The first-order valence-electron chi connectivity index (χ1n) is 8.88. The molecule has 3 rings (SSSR count). The van der Waals surface area contributed by atoms with Crippen LogP contribution < -0.4 is 5.32 Å². The maximum absolute atomic E-state index is 3.75. The summed E-state index contributed by atoms with van der Waals surface area (Å²) >= 11 is 0. The minimum Gasteiger partial charge on any atom is -0.309 e. The highest BCUT2D eigenvalue weighted by Gasteiger charge is 2.36. The fraction of sp³-hybridized carbons (Fsp3) is 0.684. The largest absolute Gasteiger partial charge is 0.309 e. The van der Waals surface area contributed by atoms with Gasteiger partial charge in [-0.2, -0.15) is 0 Å². The molecule has 1 saturated heterocycles. The Morgan fingerprint density at radius 2 is 2.00 bits per heavy atom. The molecule has 2 aliphatic rings. The van der Waals surface area contributed by atoms with Gasteiger partial charge in [-0.1, -0.05) is 44.5 Å². The Morgan fingerprint density at radius 3 is 2.81 bits per heavy atom. The lowest BCUT2D eigenvalue weighted by atomic mass is 9.98. The molecule has 3 atom stereocenters. The standard InChI is InChI=1S/C19H30N2/c1-3-15-8-7-12-21(13-11-15)18-14-16-9-5-6-10-17(16)19(18)20-4-2/h5-6,9-10,15,18-20H,3-4,7-8,11-14H2,1-2H3. The topological polar surface area (TPSA) is 15.3 Å².